The minimum atomic E-state index is -3.79. The summed E-state index contributed by atoms with van der Waals surface area (Å²) in [5, 5.41) is 7.29. The molecule has 9 nitrogen and oxygen atoms in total. The van der Waals surface area contributed by atoms with E-state index in [1.165, 1.54) is 18.2 Å². The van der Waals surface area contributed by atoms with Crippen LogP contribution in [0.3, 0.4) is 0 Å². The molecule has 3 aromatic rings. The molecule has 2 aromatic heterocycles. The zero-order chi connectivity index (χ0) is 15.0. The molecule has 0 aliphatic rings. The fraction of sp³-hybridized carbons (Fsp3) is 0.182. The van der Waals surface area contributed by atoms with Gasteiger partial charge in [-0.1, -0.05) is 0 Å². The predicted molar refractivity (Wildman–Crippen MR) is 69.9 cm³/mol. The second-order valence-corrected chi connectivity index (χ2v) is 5.98. The highest BCUT2D eigenvalue weighted by Crippen LogP contribution is 2.16. The molecule has 2 heterocycles. The molecule has 0 fully saturated rings. The number of rotatable bonds is 4. The molecular weight excluding hydrogens is 300 g/mol. The molecular formula is C11H10N4O5S. The van der Waals surface area contributed by atoms with E-state index in [0.29, 0.717) is 11.4 Å². The summed E-state index contributed by atoms with van der Waals surface area (Å²) in [6.07, 6.45) is 0. The van der Waals surface area contributed by atoms with Crippen LogP contribution in [0.2, 0.25) is 0 Å². The van der Waals surface area contributed by atoms with Gasteiger partial charge in [-0.2, -0.15) is 0 Å². The molecule has 10 heteroatoms. The first kappa shape index (κ1) is 13.5. The number of aryl methyl sites for hydroxylation is 1. The van der Waals surface area contributed by atoms with Crippen molar-refractivity contribution >= 4 is 21.1 Å². The molecule has 0 radical (unpaired) electrons. The molecule has 3 rings (SSSR count). The van der Waals surface area contributed by atoms with Gasteiger partial charge in [0.2, 0.25) is 21.8 Å². The van der Waals surface area contributed by atoms with Gasteiger partial charge in [0.15, 0.2) is 5.58 Å². The summed E-state index contributed by atoms with van der Waals surface area (Å²) in [4.78, 5) is 13.4. The number of hydrogen-bond acceptors (Lipinski definition) is 7. The number of H-pyrrole nitrogens is 1. The standard InChI is InChI=1S/C11H10N4O5S/c1-6-14-15-10(19-6)5-12-21(17,18)7-2-3-8-9(4-7)20-11(16)13-8/h2-4,12H,5H2,1H3,(H,13,16). The maximum Gasteiger partial charge on any atom is 0.417 e. The third-order valence-electron chi connectivity index (χ3n) is 2.68. The van der Waals surface area contributed by atoms with Gasteiger partial charge in [0.05, 0.1) is 17.0 Å². The van der Waals surface area contributed by atoms with E-state index in [0.717, 1.165) is 0 Å². The quantitative estimate of drug-likeness (QED) is 0.708. The van der Waals surface area contributed by atoms with Gasteiger partial charge in [-0.05, 0) is 12.1 Å². The second kappa shape index (κ2) is 4.82. The van der Waals surface area contributed by atoms with Crippen LogP contribution in [-0.2, 0) is 16.6 Å². The maximum absolute atomic E-state index is 12.1. The van der Waals surface area contributed by atoms with Crippen molar-refractivity contribution < 1.29 is 17.3 Å². The van der Waals surface area contributed by atoms with Crippen LogP contribution >= 0.6 is 0 Å². The molecule has 0 aliphatic heterocycles. The van der Waals surface area contributed by atoms with Crippen LogP contribution < -0.4 is 10.5 Å². The van der Waals surface area contributed by atoms with Crippen LogP contribution in [0.4, 0.5) is 0 Å². The first-order chi connectivity index (χ1) is 9.94. The molecule has 0 amide bonds. The van der Waals surface area contributed by atoms with Crippen molar-refractivity contribution in [1.82, 2.24) is 19.9 Å². The Balaban J connectivity index is 1.86. The smallest absolute Gasteiger partial charge is 0.417 e. The minimum absolute atomic E-state index is 0.0333. The van der Waals surface area contributed by atoms with E-state index < -0.39 is 15.8 Å². The third-order valence-corrected chi connectivity index (χ3v) is 4.08. The van der Waals surface area contributed by atoms with Crippen molar-refractivity contribution in [2.45, 2.75) is 18.4 Å². The highest BCUT2D eigenvalue weighted by molar-refractivity contribution is 7.89. The van der Waals surface area contributed by atoms with Gasteiger partial charge < -0.3 is 8.83 Å². The van der Waals surface area contributed by atoms with E-state index in [1.54, 1.807) is 6.92 Å². The fourth-order valence-corrected chi connectivity index (χ4v) is 2.73. The molecule has 110 valence electrons. The molecule has 0 aliphatic carbocycles. The van der Waals surface area contributed by atoms with E-state index in [4.69, 9.17) is 8.83 Å². The zero-order valence-corrected chi connectivity index (χ0v) is 11.6. The van der Waals surface area contributed by atoms with Crippen LogP contribution in [0, 0.1) is 6.92 Å². The molecule has 0 atom stereocenters. The molecule has 0 saturated carbocycles. The van der Waals surface area contributed by atoms with Gasteiger partial charge in [-0.3, -0.25) is 4.98 Å². The average molecular weight is 310 g/mol. The number of hydrogen-bond donors (Lipinski definition) is 2. The third kappa shape index (κ3) is 2.71. The summed E-state index contributed by atoms with van der Waals surface area (Å²) in [6.45, 7) is 1.48. The van der Waals surface area contributed by atoms with E-state index in [1.807, 2.05) is 0 Å². The lowest BCUT2D eigenvalue weighted by Gasteiger charge is -2.04. The van der Waals surface area contributed by atoms with Crippen LogP contribution in [0.25, 0.3) is 11.1 Å². The summed E-state index contributed by atoms with van der Waals surface area (Å²) in [7, 11) is -3.79. The summed E-state index contributed by atoms with van der Waals surface area (Å²) < 4.78 is 36.5. The van der Waals surface area contributed by atoms with Crippen molar-refractivity contribution in [2.24, 2.45) is 0 Å². The molecule has 0 spiro atoms. The lowest BCUT2D eigenvalue weighted by Crippen LogP contribution is -2.23. The van der Waals surface area contributed by atoms with Gasteiger partial charge >= 0.3 is 5.76 Å². The van der Waals surface area contributed by atoms with Gasteiger partial charge in [0.1, 0.15) is 0 Å². The Kier molecular flexibility index (Phi) is 3.11. The number of aromatic amines is 1. The van der Waals surface area contributed by atoms with Gasteiger partial charge in [0.25, 0.3) is 0 Å². The Morgan fingerprint density at radius 3 is 2.81 bits per heavy atom. The average Bonchev–Trinajstić information content (AvgIpc) is 3.00. The number of sulfonamides is 1. The van der Waals surface area contributed by atoms with Gasteiger partial charge in [-0.15, -0.1) is 10.2 Å². The molecule has 0 saturated heterocycles. The normalized spacial score (nSPS) is 12.0. The van der Waals surface area contributed by atoms with Crippen molar-refractivity contribution in [3.8, 4) is 0 Å². The summed E-state index contributed by atoms with van der Waals surface area (Å²) in [6, 6.07) is 4.06. The lowest BCUT2D eigenvalue weighted by molar-refractivity contribution is 0.460. The lowest BCUT2D eigenvalue weighted by atomic mass is 10.3. The second-order valence-electron chi connectivity index (χ2n) is 4.21. The maximum atomic E-state index is 12.1. The van der Waals surface area contributed by atoms with E-state index in [-0.39, 0.29) is 22.9 Å². The number of benzene rings is 1. The number of nitrogens with zero attached hydrogens (tertiary/aromatic N) is 2. The van der Waals surface area contributed by atoms with Crippen molar-refractivity contribution in [3.05, 3.63) is 40.5 Å². The number of oxazole rings is 1. The Morgan fingerprint density at radius 1 is 1.29 bits per heavy atom. The molecule has 0 unspecified atom stereocenters. The Hall–Kier alpha value is -2.46. The van der Waals surface area contributed by atoms with Crippen molar-refractivity contribution in [1.29, 1.82) is 0 Å². The molecule has 0 bridgehead atoms. The largest absolute Gasteiger partial charge is 0.424 e. The van der Waals surface area contributed by atoms with E-state index in [9.17, 15) is 13.2 Å². The van der Waals surface area contributed by atoms with Gasteiger partial charge in [-0.25, -0.2) is 17.9 Å². The highest BCUT2D eigenvalue weighted by atomic mass is 32.2. The monoisotopic (exact) mass is 310 g/mol. The zero-order valence-electron chi connectivity index (χ0n) is 10.8. The van der Waals surface area contributed by atoms with Crippen molar-refractivity contribution in [3.63, 3.8) is 0 Å². The first-order valence-corrected chi connectivity index (χ1v) is 7.34. The number of nitrogens with one attached hydrogen (secondary N) is 2. The van der Waals surface area contributed by atoms with Crippen LogP contribution in [0.15, 0.2) is 36.7 Å². The minimum Gasteiger partial charge on any atom is -0.424 e. The summed E-state index contributed by atoms with van der Waals surface area (Å²) >= 11 is 0. The summed E-state index contributed by atoms with van der Waals surface area (Å²) in [5.41, 5.74) is 0.586. The van der Waals surface area contributed by atoms with E-state index >= 15 is 0 Å². The van der Waals surface area contributed by atoms with Crippen LogP contribution in [0.1, 0.15) is 11.8 Å². The van der Waals surface area contributed by atoms with E-state index in [2.05, 4.69) is 19.9 Å². The van der Waals surface area contributed by atoms with Crippen LogP contribution in [-0.4, -0.2) is 23.6 Å². The Morgan fingerprint density at radius 2 is 2.10 bits per heavy atom. The topological polar surface area (TPSA) is 131 Å². The van der Waals surface area contributed by atoms with Gasteiger partial charge in [0, 0.05) is 13.0 Å². The Bertz CT molecular complexity index is 952. The number of fused-ring (bicyclic) bond motifs is 1. The predicted octanol–water partition coefficient (Wildman–Crippen LogP) is 0.291. The highest BCUT2D eigenvalue weighted by Gasteiger charge is 2.17. The fourth-order valence-electron chi connectivity index (χ4n) is 1.74. The van der Waals surface area contributed by atoms with Crippen molar-refractivity contribution in [2.75, 3.05) is 0 Å². The molecule has 1 aromatic carbocycles. The summed E-state index contributed by atoms with van der Waals surface area (Å²) in [5.74, 6) is -0.140. The molecule has 21 heavy (non-hydrogen) atoms. The first-order valence-electron chi connectivity index (χ1n) is 5.85. The number of aromatic nitrogens is 3. The molecule has 2 N–H and O–H groups in total. The van der Waals surface area contributed by atoms with Crippen LogP contribution in [0.5, 0.6) is 0 Å². The Labute approximate surface area is 118 Å². The SMILES string of the molecule is Cc1nnc(CNS(=O)(=O)c2ccc3[nH]c(=O)oc3c2)o1.